The molecule has 0 unspecified atom stereocenters. The highest BCUT2D eigenvalue weighted by atomic mass is 16.2. The van der Waals surface area contributed by atoms with E-state index in [0.717, 1.165) is 44.6 Å². The first kappa shape index (κ1) is 18.6. The lowest BCUT2D eigenvalue weighted by atomic mass is 10.1. The molecule has 1 fully saturated rings. The third-order valence-corrected chi connectivity index (χ3v) is 5.47. The van der Waals surface area contributed by atoms with Crippen LogP contribution in [-0.2, 0) is 11.2 Å². The molecule has 0 aliphatic carbocycles. The predicted octanol–water partition coefficient (Wildman–Crippen LogP) is 1.30. The molecule has 8 nitrogen and oxygen atoms in total. The van der Waals surface area contributed by atoms with Crippen LogP contribution in [0.3, 0.4) is 0 Å². The summed E-state index contributed by atoms with van der Waals surface area (Å²) in [4.78, 5) is 26.6. The number of nitrogens with one attached hydrogen (secondary N) is 2. The van der Waals surface area contributed by atoms with Gasteiger partial charge >= 0.3 is 0 Å². The minimum Gasteiger partial charge on any atom is -0.351 e. The Balaban J connectivity index is 1.22. The summed E-state index contributed by atoms with van der Waals surface area (Å²) in [7, 11) is 0. The second-order valence-electron chi connectivity index (χ2n) is 7.35. The molecule has 2 aliphatic rings. The first-order chi connectivity index (χ1) is 13.7. The number of para-hydroxylation sites is 1. The van der Waals surface area contributed by atoms with Gasteiger partial charge in [-0.1, -0.05) is 23.4 Å². The highest BCUT2D eigenvalue weighted by molar-refractivity contribution is 5.95. The van der Waals surface area contributed by atoms with Crippen molar-refractivity contribution in [3.05, 3.63) is 41.7 Å². The number of piperidine rings is 1. The molecule has 0 spiro atoms. The molecule has 3 heterocycles. The van der Waals surface area contributed by atoms with E-state index in [2.05, 4.69) is 27.0 Å². The summed E-state index contributed by atoms with van der Waals surface area (Å²) in [6, 6.07) is 8.33. The number of carbonyl (C=O) groups excluding carboxylic acids is 2. The number of aromatic nitrogens is 3. The minimum atomic E-state index is -0.237. The molecular formula is C20H26N6O2. The van der Waals surface area contributed by atoms with Crippen LogP contribution < -0.4 is 15.5 Å². The van der Waals surface area contributed by atoms with E-state index in [-0.39, 0.29) is 11.8 Å². The number of amides is 2. The number of nitrogens with zero attached hydrogens (tertiary/aromatic N) is 4. The van der Waals surface area contributed by atoms with Gasteiger partial charge in [0.05, 0.1) is 12.2 Å². The molecule has 1 saturated heterocycles. The molecule has 2 aliphatic heterocycles. The fourth-order valence-electron chi connectivity index (χ4n) is 3.89. The van der Waals surface area contributed by atoms with E-state index in [4.69, 9.17) is 0 Å². The lowest BCUT2D eigenvalue weighted by molar-refractivity contribution is -0.118. The zero-order chi connectivity index (χ0) is 19.3. The fraction of sp³-hybridized carbons (Fsp3) is 0.500. The van der Waals surface area contributed by atoms with Gasteiger partial charge in [0.2, 0.25) is 5.91 Å². The molecule has 8 heteroatoms. The van der Waals surface area contributed by atoms with Crippen LogP contribution in [-0.4, -0.2) is 53.0 Å². The summed E-state index contributed by atoms with van der Waals surface area (Å²) in [6.07, 6.45) is 5.63. The largest absolute Gasteiger partial charge is 0.351 e. The summed E-state index contributed by atoms with van der Waals surface area (Å²) >= 11 is 0. The molecule has 4 rings (SSSR count). The Morgan fingerprint density at radius 1 is 1.21 bits per heavy atom. The number of fused-ring (bicyclic) bond motifs is 1. The minimum absolute atomic E-state index is 0.107. The third-order valence-electron chi connectivity index (χ3n) is 5.47. The van der Waals surface area contributed by atoms with Crippen LogP contribution >= 0.6 is 0 Å². The van der Waals surface area contributed by atoms with E-state index in [1.165, 1.54) is 5.56 Å². The first-order valence-electron chi connectivity index (χ1n) is 10.0. The van der Waals surface area contributed by atoms with Gasteiger partial charge in [-0.3, -0.25) is 9.59 Å². The standard InChI is InChI=1S/C20H26N6O2/c27-19(25-13-9-15-4-1-2-5-18(15)25)6-3-10-22-20(28)17-14-26(24-23-17)16-7-11-21-12-8-16/h1-2,4-5,14,16,21H,3,6-13H2,(H,22,28). The summed E-state index contributed by atoms with van der Waals surface area (Å²) in [5.41, 5.74) is 2.57. The average Bonchev–Trinajstić information content (AvgIpc) is 3.39. The lowest BCUT2D eigenvalue weighted by Gasteiger charge is -2.22. The van der Waals surface area contributed by atoms with E-state index < -0.39 is 0 Å². The smallest absolute Gasteiger partial charge is 0.273 e. The number of benzene rings is 1. The van der Waals surface area contributed by atoms with E-state index in [0.29, 0.717) is 31.1 Å². The lowest BCUT2D eigenvalue weighted by Crippen LogP contribution is -2.30. The summed E-state index contributed by atoms with van der Waals surface area (Å²) in [5, 5.41) is 14.3. The maximum atomic E-state index is 12.5. The maximum absolute atomic E-state index is 12.5. The van der Waals surface area contributed by atoms with Gasteiger partial charge < -0.3 is 15.5 Å². The van der Waals surface area contributed by atoms with Crippen LogP contribution in [0.1, 0.15) is 47.8 Å². The number of hydrogen-bond acceptors (Lipinski definition) is 5. The van der Waals surface area contributed by atoms with Gasteiger partial charge in [-0.25, -0.2) is 4.68 Å². The van der Waals surface area contributed by atoms with Crippen LogP contribution in [0, 0.1) is 0 Å². The van der Waals surface area contributed by atoms with Crippen LogP contribution in [0.15, 0.2) is 30.5 Å². The van der Waals surface area contributed by atoms with Gasteiger partial charge in [0.25, 0.3) is 5.91 Å². The third kappa shape index (κ3) is 4.06. The molecule has 0 saturated carbocycles. The van der Waals surface area contributed by atoms with E-state index in [9.17, 15) is 9.59 Å². The molecule has 1 aromatic heterocycles. The highest BCUT2D eigenvalue weighted by Crippen LogP contribution is 2.28. The molecule has 1 aromatic carbocycles. The Morgan fingerprint density at radius 2 is 2.04 bits per heavy atom. The van der Waals surface area contributed by atoms with Crippen molar-refractivity contribution >= 4 is 17.5 Å². The topological polar surface area (TPSA) is 92.2 Å². The van der Waals surface area contributed by atoms with Crippen molar-refractivity contribution in [1.29, 1.82) is 0 Å². The van der Waals surface area contributed by atoms with Crippen molar-refractivity contribution in [3.8, 4) is 0 Å². The van der Waals surface area contributed by atoms with Gasteiger partial charge in [-0.15, -0.1) is 5.10 Å². The number of hydrogen-bond donors (Lipinski definition) is 2. The summed E-state index contributed by atoms with van der Waals surface area (Å²) in [5.74, 6) is -0.129. The second-order valence-corrected chi connectivity index (χ2v) is 7.35. The van der Waals surface area contributed by atoms with Gasteiger partial charge in [-0.2, -0.15) is 0 Å². The van der Waals surface area contributed by atoms with Crippen molar-refractivity contribution in [3.63, 3.8) is 0 Å². The van der Waals surface area contributed by atoms with Crippen LogP contribution in [0.25, 0.3) is 0 Å². The SMILES string of the molecule is O=C(NCCCC(=O)N1CCc2ccccc21)c1cn(C2CCNCC2)nn1. The predicted molar refractivity (Wildman–Crippen MR) is 105 cm³/mol. The molecule has 28 heavy (non-hydrogen) atoms. The molecule has 0 atom stereocenters. The van der Waals surface area contributed by atoms with Crippen LogP contribution in [0.5, 0.6) is 0 Å². The van der Waals surface area contributed by atoms with E-state index >= 15 is 0 Å². The zero-order valence-corrected chi connectivity index (χ0v) is 15.9. The van der Waals surface area contributed by atoms with Gasteiger partial charge in [-0.05, 0) is 50.4 Å². The van der Waals surface area contributed by atoms with Crippen molar-refractivity contribution in [2.45, 2.75) is 38.1 Å². The van der Waals surface area contributed by atoms with Crippen LogP contribution in [0.4, 0.5) is 5.69 Å². The molecule has 0 bridgehead atoms. The quantitative estimate of drug-likeness (QED) is 0.735. The maximum Gasteiger partial charge on any atom is 0.273 e. The van der Waals surface area contributed by atoms with Crippen molar-refractivity contribution in [2.75, 3.05) is 31.1 Å². The molecule has 148 valence electrons. The van der Waals surface area contributed by atoms with E-state index in [1.54, 1.807) is 10.9 Å². The van der Waals surface area contributed by atoms with Gasteiger partial charge in [0.15, 0.2) is 5.69 Å². The summed E-state index contributed by atoms with van der Waals surface area (Å²) < 4.78 is 1.80. The number of anilines is 1. The monoisotopic (exact) mass is 382 g/mol. The number of carbonyl (C=O) groups is 2. The van der Waals surface area contributed by atoms with Crippen LogP contribution in [0.2, 0.25) is 0 Å². The highest BCUT2D eigenvalue weighted by Gasteiger charge is 2.23. The molecule has 0 radical (unpaired) electrons. The Hall–Kier alpha value is -2.74. The zero-order valence-electron chi connectivity index (χ0n) is 15.9. The van der Waals surface area contributed by atoms with Gasteiger partial charge in [0.1, 0.15) is 0 Å². The normalized spacial score (nSPS) is 16.8. The number of rotatable bonds is 6. The van der Waals surface area contributed by atoms with Crippen molar-refractivity contribution in [2.24, 2.45) is 0 Å². The van der Waals surface area contributed by atoms with E-state index in [1.807, 2.05) is 23.1 Å². The fourth-order valence-corrected chi connectivity index (χ4v) is 3.89. The Morgan fingerprint density at radius 3 is 2.89 bits per heavy atom. The van der Waals surface area contributed by atoms with Crippen molar-refractivity contribution < 1.29 is 9.59 Å². The Labute approximate surface area is 164 Å². The Kier molecular flexibility index (Phi) is 5.66. The molecule has 2 aromatic rings. The average molecular weight is 382 g/mol. The molecule has 2 N–H and O–H groups in total. The first-order valence-corrected chi connectivity index (χ1v) is 10.0. The second kappa shape index (κ2) is 8.52. The van der Waals surface area contributed by atoms with Gasteiger partial charge in [0, 0.05) is 25.2 Å². The van der Waals surface area contributed by atoms with Crippen molar-refractivity contribution in [1.82, 2.24) is 25.6 Å². The summed E-state index contributed by atoms with van der Waals surface area (Å²) in [6.45, 7) is 3.10. The molecule has 2 amide bonds. The molecular weight excluding hydrogens is 356 g/mol. The Bertz CT molecular complexity index is 843.